The third kappa shape index (κ3) is 10.2. The summed E-state index contributed by atoms with van der Waals surface area (Å²) in [5.41, 5.74) is 26.0. The zero-order chi connectivity index (χ0) is 71.1. The summed E-state index contributed by atoms with van der Waals surface area (Å²) in [7, 11) is 0.750. The number of hydrogen-bond donors (Lipinski definition) is 1. The van der Waals surface area contributed by atoms with Crippen LogP contribution in [0.4, 0.5) is 0 Å². The minimum absolute atomic E-state index is 0.0199. The highest BCUT2D eigenvalue weighted by Gasteiger charge is 2.37. The van der Waals surface area contributed by atoms with Crippen LogP contribution in [-0.2, 0) is 10.8 Å². The fraction of sp³-hybridized carbons (Fsp3) is 0.0638. The van der Waals surface area contributed by atoms with Crippen molar-refractivity contribution in [1.29, 1.82) is 0 Å². The molecule has 0 saturated carbocycles. The molecule has 1 N–H and O–H groups in total. The second-order valence-corrected chi connectivity index (χ2v) is 30.9. The molecule has 2 aliphatic rings. The van der Waals surface area contributed by atoms with Crippen molar-refractivity contribution in [2.45, 2.75) is 38.5 Å². The highest BCUT2D eigenvalue weighted by atomic mass is 35.5. The molecule has 503 valence electrons. The summed E-state index contributed by atoms with van der Waals surface area (Å²) < 4.78 is 22.4. The zero-order valence-corrected chi connectivity index (χ0v) is 60.3. The Morgan fingerprint density at radius 3 is 1.26 bits per heavy atom. The van der Waals surface area contributed by atoms with E-state index in [1.165, 1.54) is 103 Å². The molecule has 14 aromatic carbocycles. The highest BCUT2D eigenvalue weighted by molar-refractivity contribution is 7.27. The molecule has 6 heterocycles. The number of thiophene rings is 2. The number of rotatable bonds is 7. The Balaban J connectivity index is 0.000000115. The van der Waals surface area contributed by atoms with Gasteiger partial charge in [0.15, 0.2) is 0 Å². The first kappa shape index (κ1) is 63.6. The third-order valence-electron chi connectivity index (χ3n) is 21.7. The number of hydrogen-bond acceptors (Lipinski definition) is 10. The minimum atomic E-state index is -0.0398. The van der Waals surface area contributed by atoms with Crippen molar-refractivity contribution >= 4 is 148 Å². The van der Waals surface area contributed by atoms with Gasteiger partial charge in [0.1, 0.15) is 27.9 Å². The molecule has 106 heavy (non-hydrogen) atoms. The molecule has 6 aromatic heterocycles. The monoisotopic (exact) mass is 1420 g/mol. The van der Waals surface area contributed by atoms with Crippen LogP contribution in [0.1, 0.15) is 49.9 Å². The maximum atomic E-state index is 9.16. The van der Waals surface area contributed by atoms with Crippen molar-refractivity contribution in [3.8, 4) is 83.9 Å². The van der Waals surface area contributed by atoms with Crippen LogP contribution >= 0.6 is 34.3 Å². The lowest BCUT2D eigenvalue weighted by molar-refractivity contribution is 0.457. The van der Waals surface area contributed by atoms with E-state index in [-0.39, 0.29) is 10.8 Å². The van der Waals surface area contributed by atoms with Gasteiger partial charge in [-0.2, -0.15) is 0 Å². The quantitative estimate of drug-likeness (QED) is 0.157. The van der Waals surface area contributed by atoms with E-state index < -0.39 is 0 Å². The van der Waals surface area contributed by atoms with Gasteiger partial charge in [-0.1, -0.05) is 270 Å². The van der Waals surface area contributed by atoms with Gasteiger partial charge >= 0.3 is 7.69 Å². The third-order valence-corrected chi connectivity index (χ3v) is 24.5. The summed E-state index contributed by atoms with van der Waals surface area (Å²) >= 11 is 9.67. The molecule has 0 aliphatic heterocycles. The van der Waals surface area contributed by atoms with E-state index in [2.05, 4.69) is 256 Å². The molecular formula is C94H61BClN4O4S2. The van der Waals surface area contributed by atoms with Gasteiger partial charge in [-0.3, -0.25) is 0 Å². The van der Waals surface area contributed by atoms with Crippen LogP contribution in [0.2, 0.25) is 5.02 Å². The summed E-state index contributed by atoms with van der Waals surface area (Å²) in [6.07, 6.45) is 3.64. The van der Waals surface area contributed by atoms with E-state index in [1.54, 1.807) is 17.5 Å². The molecule has 0 atom stereocenters. The van der Waals surface area contributed by atoms with E-state index in [1.807, 2.05) is 78.2 Å². The van der Waals surface area contributed by atoms with E-state index in [9.17, 15) is 0 Å². The average Bonchev–Trinajstić information content (AvgIpc) is 1.58. The van der Waals surface area contributed by atoms with Gasteiger partial charge in [0.25, 0.3) is 0 Å². The molecule has 12 heteroatoms. The SMILES string of the molecule is CC1(C)c2ccccc2-c2ccc(-c3cccc4c3sc3c(-c5cccc(-c6cnc7c(n6)oc6ccc8ccccc8c67)c5)cccc34)cc21.CC1(C)c2ccccc2-c2ccc(-c3cccc4c3sc3c(O[B]O)cccc34)cc21.Clc1cccc(-c2cnc3c(n2)oc2ccc4ccccc4c23)c1. The van der Waals surface area contributed by atoms with Crippen LogP contribution in [0.25, 0.3) is 184 Å². The molecule has 2 aliphatic carbocycles. The molecule has 0 spiro atoms. The number of benzene rings is 14. The lowest BCUT2D eigenvalue weighted by Crippen LogP contribution is -2.14. The molecular weight excluding hydrogens is 1360 g/mol. The Hall–Kier alpha value is -12.1. The van der Waals surface area contributed by atoms with Gasteiger partial charge in [-0.25, -0.2) is 19.9 Å². The van der Waals surface area contributed by atoms with E-state index in [0.29, 0.717) is 22.2 Å². The molecule has 0 unspecified atom stereocenters. The van der Waals surface area contributed by atoms with Gasteiger partial charge in [-0.05, 0) is 148 Å². The summed E-state index contributed by atoms with van der Waals surface area (Å²) in [5, 5.41) is 21.4. The van der Waals surface area contributed by atoms with Gasteiger partial charge in [0, 0.05) is 62.6 Å². The van der Waals surface area contributed by atoms with Gasteiger partial charge < -0.3 is 18.5 Å². The maximum absolute atomic E-state index is 9.16. The van der Waals surface area contributed by atoms with Gasteiger partial charge in [0.05, 0.1) is 39.3 Å². The Labute approximate surface area is 623 Å². The van der Waals surface area contributed by atoms with Crippen molar-refractivity contribution in [3.63, 3.8) is 0 Å². The van der Waals surface area contributed by atoms with E-state index >= 15 is 0 Å². The zero-order valence-electron chi connectivity index (χ0n) is 57.9. The van der Waals surface area contributed by atoms with Crippen molar-refractivity contribution in [1.82, 2.24) is 19.9 Å². The van der Waals surface area contributed by atoms with Gasteiger partial charge in [-0.15, -0.1) is 22.7 Å². The highest BCUT2D eigenvalue weighted by Crippen LogP contribution is 2.54. The van der Waals surface area contributed by atoms with Crippen LogP contribution < -0.4 is 4.65 Å². The second kappa shape index (κ2) is 24.8. The normalized spacial score (nSPS) is 13.2. The molecule has 8 nitrogen and oxygen atoms in total. The summed E-state index contributed by atoms with van der Waals surface area (Å²) in [6.45, 7) is 9.33. The smallest absolute Gasteiger partial charge is 0.536 e. The number of halogens is 1. The lowest BCUT2D eigenvalue weighted by atomic mass is 9.81. The molecule has 0 amide bonds. The van der Waals surface area contributed by atoms with Crippen molar-refractivity contribution in [2.75, 3.05) is 0 Å². The second-order valence-electron chi connectivity index (χ2n) is 28.4. The van der Waals surface area contributed by atoms with E-state index in [4.69, 9.17) is 40.1 Å². The predicted molar refractivity (Wildman–Crippen MR) is 442 cm³/mol. The number of furan rings is 2. The molecule has 0 fully saturated rings. The van der Waals surface area contributed by atoms with Crippen LogP contribution in [0.3, 0.4) is 0 Å². The summed E-state index contributed by atoms with van der Waals surface area (Å²) in [6, 6.07) is 98.4. The Bertz CT molecular complexity index is 7050. The Kier molecular flexibility index (Phi) is 14.9. The maximum Gasteiger partial charge on any atom is 0.569 e. The summed E-state index contributed by atoms with van der Waals surface area (Å²) in [4.78, 5) is 19.2. The Morgan fingerprint density at radius 2 is 0.755 bits per heavy atom. The van der Waals surface area contributed by atoms with Crippen molar-refractivity contribution < 1.29 is 18.5 Å². The van der Waals surface area contributed by atoms with Crippen molar-refractivity contribution in [3.05, 3.63) is 319 Å². The summed E-state index contributed by atoms with van der Waals surface area (Å²) in [5.74, 6) is 0.678. The van der Waals surface area contributed by atoms with Gasteiger partial charge in [0.2, 0.25) is 11.4 Å². The van der Waals surface area contributed by atoms with Crippen LogP contribution in [0.15, 0.2) is 300 Å². The van der Waals surface area contributed by atoms with Crippen LogP contribution in [0, 0.1) is 0 Å². The van der Waals surface area contributed by atoms with Crippen molar-refractivity contribution in [2.24, 2.45) is 0 Å². The largest absolute Gasteiger partial charge is 0.569 e. The molecule has 20 aromatic rings. The van der Waals surface area contributed by atoms with Crippen LogP contribution in [-0.4, -0.2) is 32.6 Å². The number of nitrogens with zero attached hydrogens (tertiary/aromatic N) is 4. The first-order valence-corrected chi connectivity index (χ1v) is 37.4. The lowest BCUT2D eigenvalue weighted by Gasteiger charge is -2.22. The minimum Gasteiger partial charge on any atom is -0.536 e. The molecule has 22 rings (SSSR count). The fourth-order valence-corrected chi connectivity index (χ4v) is 19.4. The Morgan fingerprint density at radius 1 is 0.358 bits per heavy atom. The predicted octanol–water partition coefficient (Wildman–Crippen LogP) is 26.0. The first-order valence-electron chi connectivity index (χ1n) is 35.4. The van der Waals surface area contributed by atoms with E-state index in [0.717, 1.165) is 100 Å². The molecule has 0 bridgehead atoms. The first-order chi connectivity index (χ1) is 51.9. The molecule has 1 radical (unpaired) electrons. The fourth-order valence-electron chi connectivity index (χ4n) is 16.6. The average molecular weight is 1420 g/mol. The standard InChI is InChI=1S/C47H30N2OS.C27H20BO2S.C20H11ClN2O/c1-47(2)38-19-6-5-14-34(38)35-22-20-29(25-39(35)47)33-16-9-18-37-36-17-8-15-32(44(36)51-45(33)37)28-11-7-12-30(24-28)40-26-48-43-42-31-13-4-3-10-27(31)21-23-41(42)50-46(43)49-40;1-27(2)22-11-4-3-7-18(22)19-14-13-16(15-23(19)27)17-8-5-9-20-21-10-6-12-24(30-28-29)26(21)31-25(17)20;21-14-6-3-5-13(10-14)16-11-22-19-18-15-7-2-1-4-12(15)8-9-17(18)24-20(19)23-16/h3-26H,1-2H3;3-15,29H,1-2H3;1-11H. The van der Waals surface area contributed by atoms with Crippen LogP contribution in [0.5, 0.6) is 5.75 Å². The topological polar surface area (TPSA) is 107 Å². The number of fused-ring (bicyclic) bond motifs is 22. The number of aromatic nitrogens is 4. The molecule has 0 saturated heterocycles.